The molecule has 0 aromatic heterocycles. The third-order valence-electron chi connectivity index (χ3n) is 3.60. The number of carbonyl (C=O) groups is 1. The second-order valence-corrected chi connectivity index (χ2v) is 5.48. The van der Waals surface area contributed by atoms with E-state index in [9.17, 15) is 4.79 Å². The van der Waals surface area contributed by atoms with Crippen LogP contribution < -0.4 is 20.1 Å². The zero-order valence-electron chi connectivity index (χ0n) is 12.4. The SMILES string of the molecule is CC(C)[C@@H](C)NC(=O)N[C@H](C)c1ccc2c(c1)OCO2. The number of rotatable bonds is 4. The largest absolute Gasteiger partial charge is 0.454 e. The van der Waals surface area contributed by atoms with Crippen LogP contribution in [0.1, 0.15) is 39.3 Å². The molecule has 5 heteroatoms. The molecule has 0 saturated heterocycles. The number of ether oxygens (including phenoxy) is 2. The van der Waals surface area contributed by atoms with Crippen molar-refractivity contribution in [2.75, 3.05) is 6.79 Å². The number of hydrogen-bond acceptors (Lipinski definition) is 3. The quantitative estimate of drug-likeness (QED) is 0.890. The lowest BCUT2D eigenvalue weighted by atomic mass is 10.1. The van der Waals surface area contributed by atoms with Crippen molar-refractivity contribution in [3.8, 4) is 11.5 Å². The van der Waals surface area contributed by atoms with E-state index in [1.165, 1.54) is 0 Å². The molecule has 1 heterocycles. The molecule has 0 unspecified atom stereocenters. The third kappa shape index (κ3) is 3.35. The summed E-state index contributed by atoms with van der Waals surface area (Å²) >= 11 is 0. The number of nitrogens with one attached hydrogen (secondary N) is 2. The number of urea groups is 1. The summed E-state index contributed by atoms with van der Waals surface area (Å²) in [5, 5.41) is 5.85. The van der Waals surface area contributed by atoms with Crippen LogP contribution in [0.25, 0.3) is 0 Å². The Hall–Kier alpha value is -1.91. The highest BCUT2D eigenvalue weighted by atomic mass is 16.7. The summed E-state index contributed by atoms with van der Waals surface area (Å²) in [7, 11) is 0. The van der Waals surface area contributed by atoms with Gasteiger partial charge in [-0.15, -0.1) is 0 Å². The molecule has 5 nitrogen and oxygen atoms in total. The molecule has 0 fully saturated rings. The molecule has 20 heavy (non-hydrogen) atoms. The molecule has 2 amide bonds. The molecule has 0 saturated carbocycles. The molecule has 110 valence electrons. The molecule has 0 aliphatic carbocycles. The fraction of sp³-hybridized carbons (Fsp3) is 0.533. The maximum atomic E-state index is 11.9. The Bertz CT molecular complexity index is 488. The highest BCUT2D eigenvalue weighted by Crippen LogP contribution is 2.34. The second kappa shape index (κ2) is 6.03. The molecular formula is C15H22N2O3. The first-order valence-corrected chi connectivity index (χ1v) is 6.94. The van der Waals surface area contributed by atoms with Crippen LogP contribution in [-0.4, -0.2) is 18.9 Å². The van der Waals surface area contributed by atoms with E-state index in [1.807, 2.05) is 32.0 Å². The van der Waals surface area contributed by atoms with E-state index in [0.717, 1.165) is 17.1 Å². The van der Waals surface area contributed by atoms with Gasteiger partial charge in [-0.1, -0.05) is 19.9 Å². The average molecular weight is 278 g/mol. The van der Waals surface area contributed by atoms with Crippen molar-refractivity contribution in [1.29, 1.82) is 0 Å². The average Bonchev–Trinajstić information content (AvgIpc) is 2.85. The Morgan fingerprint density at radius 3 is 2.50 bits per heavy atom. The highest BCUT2D eigenvalue weighted by molar-refractivity contribution is 5.74. The first kappa shape index (κ1) is 14.5. The van der Waals surface area contributed by atoms with E-state index >= 15 is 0 Å². The molecule has 2 atom stereocenters. The molecule has 1 aromatic carbocycles. The highest BCUT2D eigenvalue weighted by Gasteiger charge is 2.17. The maximum Gasteiger partial charge on any atom is 0.315 e. The Morgan fingerprint density at radius 2 is 1.80 bits per heavy atom. The van der Waals surface area contributed by atoms with Gasteiger partial charge in [0.15, 0.2) is 11.5 Å². The van der Waals surface area contributed by atoms with E-state index in [1.54, 1.807) is 0 Å². The first-order valence-electron chi connectivity index (χ1n) is 6.94. The van der Waals surface area contributed by atoms with Gasteiger partial charge >= 0.3 is 6.03 Å². The van der Waals surface area contributed by atoms with E-state index in [4.69, 9.17) is 9.47 Å². The molecule has 0 bridgehead atoms. The maximum absolute atomic E-state index is 11.9. The van der Waals surface area contributed by atoms with Gasteiger partial charge in [0.1, 0.15) is 0 Å². The fourth-order valence-corrected chi connectivity index (χ4v) is 1.88. The Morgan fingerprint density at radius 1 is 1.10 bits per heavy atom. The van der Waals surface area contributed by atoms with E-state index in [-0.39, 0.29) is 24.9 Å². The minimum atomic E-state index is -0.156. The van der Waals surface area contributed by atoms with Crippen LogP contribution in [0.3, 0.4) is 0 Å². The van der Waals surface area contributed by atoms with Crippen LogP contribution in [0, 0.1) is 5.92 Å². The summed E-state index contributed by atoms with van der Waals surface area (Å²) in [5.41, 5.74) is 0.988. The van der Waals surface area contributed by atoms with Crippen molar-refractivity contribution in [1.82, 2.24) is 10.6 Å². The van der Waals surface area contributed by atoms with Crippen LogP contribution in [0.4, 0.5) is 4.79 Å². The molecule has 0 radical (unpaired) electrons. The molecule has 1 aliphatic rings. The van der Waals surface area contributed by atoms with Crippen molar-refractivity contribution in [2.45, 2.75) is 39.8 Å². The normalized spacial score (nSPS) is 15.8. The van der Waals surface area contributed by atoms with Gasteiger partial charge < -0.3 is 20.1 Å². The molecule has 1 aromatic rings. The lowest BCUT2D eigenvalue weighted by Crippen LogP contribution is -2.43. The van der Waals surface area contributed by atoms with Gasteiger partial charge in [0, 0.05) is 6.04 Å². The predicted molar refractivity (Wildman–Crippen MR) is 76.9 cm³/mol. The van der Waals surface area contributed by atoms with Crippen LogP contribution in [0.2, 0.25) is 0 Å². The predicted octanol–water partition coefficient (Wildman–Crippen LogP) is 2.82. The van der Waals surface area contributed by atoms with E-state index < -0.39 is 0 Å². The van der Waals surface area contributed by atoms with Crippen molar-refractivity contribution in [3.63, 3.8) is 0 Å². The molecule has 2 rings (SSSR count). The van der Waals surface area contributed by atoms with Crippen LogP contribution >= 0.6 is 0 Å². The van der Waals surface area contributed by atoms with Gasteiger partial charge in [-0.05, 0) is 37.5 Å². The van der Waals surface area contributed by atoms with Gasteiger partial charge in [-0.2, -0.15) is 0 Å². The van der Waals surface area contributed by atoms with Gasteiger partial charge in [0.2, 0.25) is 6.79 Å². The smallest absolute Gasteiger partial charge is 0.315 e. The first-order chi connectivity index (χ1) is 9.47. The monoisotopic (exact) mass is 278 g/mol. The van der Waals surface area contributed by atoms with Gasteiger partial charge in [0.25, 0.3) is 0 Å². The van der Waals surface area contributed by atoms with Crippen LogP contribution in [0.15, 0.2) is 18.2 Å². The number of benzene rings is 1. The van der Waals surface area contributed by atoms with E-state index in [2.05, 4.69) is 24.5 Å². The van der Waals surface area contributed by atoms with Crippen molar-refractivity contribution >= 4 is 6.03 Å². The second-order valence-electron chi connectivity index (χ2n) is 5.48. The summed E-state index contributed by atoms with van der Waals surface area (Å²) in [6, 6.07) is 5.59. The van der Waals surface area contributed by atoms with Gasteiger partial charge in [-0.25, -0.2) is 4.79 Å². The summed E-state index contributed by atoms with van der Waals surface area (Å²) in [4.78, 5) is 11.9. The Labute approximate surface area is 119 Å². The van der Waals surface area contributed by atoms with Crippen LogP contribution in [-0.2, 0) is 0 Å². The van der Waals surface area contributed by atoms with Crippen LogP contribution in [0.5, 0.6) is 11.5 Å². The van der Waals surface area contributed by atoms with Crippen molar-refractivity contribution in [3.05, 3.63) is 23.8 Å². The van der Waals surface area contributed by atoms with E-state index in [0.29, 0.717) is 5.92 Å². The fourth-order valence-electron chi connectivity index (χ4n) is 1.88. The van der Waals surface area contributed by atoms with Crippen molar-refractivity contribution < 1.29 is 14.3 Å². The molecule has 1 aliphatic heterocycles. The minimum absolute atomic E-state index is 0.0936. The third-order valence-corrected chi connectivity index (χ3v) is 3.60. The Kier molecular flexibility index (Phi) is 4.37. The summed E-state index contributed by atoms with van der Waals surface area (Å²) in [5.74, 6) is 1.88. The standard InChI is InChI=1S/C15H22N2O3/c1-9(2)10(3)16-15(18)17-11(4)12-5-6-13-14(7-12)20-8-19-13/h5-7,9-11H,8H2,1-4H3,(H2,16,17,18)/t10-,11-/m1/s1. The zero-order valence-corrected chi connectivity index (χ0v) is 12.4. The lowest BCUT2D eigenvalue weighted by molar-refractivity contribution is 0.174. The lowest BCUT2D eigenvalue weighted by Gasteiger charge is -2.20. The number of carbonyl (C=O) groups excluding carboxylic acids is 1. The zero-order chi connectivity index (χ0) is 14.7. The number of hydrogen-bond donors (Lipinski definition) is 2. The minimum Gasteiger partial charge on any atom is -0.454 e. The molecular weight excluding hydrogens is 256 g/mol. The van der Waals surface area contributed by atoms with Crippen molar-refractivity contribution in [2.24, 2.45) is 5.92 Å². The summed E-state index contributed by atoms with van der Waals surface area (Å²) in [6.45, 7) is 8.35. The topological polar surface area (TPSA) is 59.6 Å². The summed E-state index contributed by atoms with van der Waals surface area (Å²) < 4.78 is 10.6. The van der Waals surface area contributed by atoms with Gasteiger partial charge in [0.05, 0.1) is 6.04 Å². The summed E-state index contributed by atoms with van der Waals surface area (Å²) in [6.07, 6.45) is 0. The number of amides is 2. The molecule has 0 spiro atoms. The molecule has 2 N–H and O–H groups in total. The number of fused-ring (bicyclic) bond motifs is 1. The Balaban J connectivity index is 1.94. The van der Waals surface area contributed by atoms with Gasteiger partial charge in [-0.3, -0.25) is 0 Å².